The summed E-state index contributed by atoms with van der Waals surface area (Å²) in [6.45, 7) is 0. The molecule has 2 N–H and O–H groups in total. The Bertz CT molecular complexity index is 794. The van der Waals surface area contributed by atoms with Gasteiger partial charge in [0.05, 0.1) is 25.6 Å². The first-order chi connectivity index (χ1) is 13.3. The van der Waals surface area contributed by atoms with Gasteiger partial charge in [0.1, 0.15) is 11.5 Å². The SMILES string of the molecule is COc1cc(-c2ccc(NC(=O)N(C)C)c(OC)c2)ccc1NC(=O)N(C)C. The van der Waals surface area contributed by atoms with Gasteiger partial charge in [-0.05, 0) is 35.4 Å². The maximum atomic E-state index is 11.9. The van der Waals surface area contributed by atoms with E-state index in [9.17, 15) is 9.59 Å². The molecule has 8 nitrogen and oxygen atoms in total. The summed E-state index contributed by atoms with van der Waals surface area (Å²) in [7, 11) is 9.76. The van der Waals surface area contributed by atoms with Crippen LogP contribution in [-0.4, -0.2) is 64.3 Å². The molecule has 4 amide bonds. The minimum Gasteiger partial charge on any atom is -0.495 e. The zero-order valence-electron chi connectivity index (χ0n) is 17.0. The van der Waals surface area contributed by atoms with Crippen molar-refractivity contribution in [3.05, 3.63) is 36.4 Å². The van der Waals surface area contributed by atoms with Crippen LogP contribution in [0.1, 0.15) is 0 Å². The monoisotopic (exact) mass is 386 g/mol. The first kappa shape index (κ1) is 20.9. The minimum atomic E-state index is -0.242. The normalized spacial score (nSPS) is 10.1. The third-order valence-corrected chi connectivity index (χ3v) is 4.03. The number of amides is 4. The molecule has 0 aliphatic heterocycles. The Morgan fingerprint density at radius 1 is 0.714 bits per heavy atom. The molecule has 0 unspecified atom stereocenters. The van der Waals surface area contributed by atoms with Gasteiger partial charge in [-0.1, -0.05) is 12.1 Å². The van der Waals surface area contributed by atoms with Crippen molar-refractivity contribution in [1.82, 2.24) is 9.80 Å². The first-order valence-corrected chi connectivity index (χ1v) is 8.60. The Hall–Kier alpha value is -3.42. The van der Waals surface area contributed by atoms with Crippen molar-refractivity contribution in [2.45, 2.75) is 0 Å². The summed E-state index contributed by atoms with van der Waals surface area (Å²) < 4.78 is 10.8. The Labute approximate surface area is 165 Å². The number of anilines is 2. The Morgan fingerprint density at radius 3 is 1.36 bits per heavy atom. The second-order valence-electron chi connectivity index (χ2n) is 6.48. The van der Waals surface area contributed by atoms with E-state index in [1.807, 2.05) is 24.3 Å². The molecule has 0 aliphatic carbocycles. The van der Waals surface area contributed by atoms with Crippen LogP contribution in [0, 0.1) is 0 Å². The number of rotatable bonds is 5. The molecule has 28 heavy (non-hydrogen) atoms. The number of urea groups is 2. The number of benzene rings is 2. The van der Waals surface area contributed by atoms with Gasteiger partial charge in [0, 0.05) is 28.2 Å². The van der Waals surface area contributed by atoms with Crippen molar-refractivity contribution in [2.24, 2.45) is 0 Å². The van der Waals surface area contributed by atoms with Gasteiger partial charge in [-0.15, -0.1) is 0 Å². The molecule has 0 bridgehead atoms. The van der Waals surface area contributed by atoms with E-state index in [0.29, 0.717) is 22.9 Å². The van der Waals surface area contributed by atoms with Crippen LogP contribution < -0.4 is 20.1 Å². The van der Waals surface area contributed by atoms with Crippen LogP contribution >= 0.6 is 0 Å². The van der Waals surface area contributed by atoms with Crippen molar-refractivity contribution >= 4 is 23.4 Å². The number of carbonyl (C=O) groups excluding carboxylic acids is 2. The van der Waals surface area contributed by atoms with E-state index >= 15 is 0 Å². The van der Waals surface area contributed by atoms with E-state index in [1.165, 1.54) is 9.80 Å². The fourth-order valence-corrected chi connectivity index (χ4v) is 2.40. The second-order valence-corrected chi connectivity index (χ2v) is 6.48. The van der Waals surface area contributed by atoms with E-state index in [1.54, 1.807) is 54.5 Å². The number of ether oxygens (including phenoxy) is 2. The average Bonchev–Trinajstić information content (AvgIpc) is 2.68. The molecule has 150 valence electrons. The Balaban J connectivity index is 2.34. The average molecular weight is 386 g/mol. The lowest BCUT2D eigenvalue weighted by molar-refractivity contribution is 0.230. The number of carbonyl (C=O) groups is 2. The fraction of sp³-hybridized carbons (Fsp3) is 0.300. The maximum Gasteiger partial charge on any atom is 0.321 e. The molecule has 2 aromatic rings. The van der Waals surface area contributed by atoms with Gasteiger partial charge in [-0.3, -0.25) is 0 Å². The van der Waals surface area contributed by atoms with Crippen LogP contribution in [0.2, 0.25) is 0 Å². The largest absolute Gasteiger partial charge is 0.495 e. The number of nitrogens with one attached hydrogen (secondary N) is 2. The molecule has 0 spiro atoms. The van der Waals surface area contributed by atoms with Gasteiger partial charge in [0.15, 0.2) is 0 Å². The predicted octanol–water partition coefficient (Wildman–Crippen LogP) is 3.56. The lowest BCUT2D eigenvalue weighted by atomic mass is 10.0. The van der Waals surface area contributed by atoms with E-state index in [4.69, 9.17) is 9.47 Å². The maximum absolute atomic E-state index is 11.9. The van der Waals surface area contributed by atoms with Crippen molar-refractivity contribution in [2.75, 3.05) is 53.0 Å². The van der Waals surface area contributed by atoms with Crippen molar-refractivity contribution in [3.63, 3.8) is 0 Å². The Morgan fingerprint density at radius 2 is 1.07 bits per heavy atom. The molecule has 0 aromatic heterocycles. The van der Waals surface area contributed by atoms with Gasteiger partial charge in [0.25, 0.3) is 0 Å². The molecule has 0 atom stereocenters. The number of methoxy groups -OCH3 is 2. The third kappa shape index (κ3) is 4.85. The molecule has 2 aromatic carbocycles. The second kappa shape index (κ2) is 8.98. The third-order valence-electron chi connectivity index (χ3n) is 4.03. The van der Waals surface area contributed by atoms with Crippen LogP contribution in [0.3, 0.4) is 0 Å². The topological polar surface area (TPSA) is 83.1 Å². The zero-order valence-corrected chi connectivity index (χ0v) is 17.0. The van der Waals surface area contributed by atoms with Crippen LogP contribution in [0.25, 0.3) is 11.1 Å². The highest BCUT2D eigenvalue weighted by molar-refractivity contribution is 5.92. The molecule has 0 aliphatic rings. The lowest BCUT2D eigenvalue weighted by Gasteiger charge is -2.17. The van der Waals surface area contributed by atoms with Crippen LogP contribution in [0.15, 0.2) is 36.4 Å². The standard InChI is InChI=1S/C20H26N4O4/c1-23(2)19(25)21-15-9-7-13(11-17(15)27-5)14-8-10-16(18(12-14)28-6)22-20(26)24(3)4/h7-12H,1-6H3,(H,21,25)(H,22,26). The highest BCUT2D eigenvalue weighted by Gasteiger charge is 2.13. The summed E-state index contributed by atoms with van der Waals surface area (Å²) in [6.07, 6.45) is 0. The first-order valence-electron chi connectivity index (χ1n) is 8.60. The lowest BCUT2D eigenvalue weighted by Crippen LogP contribution is -2.27. The molecule has 2 rings (SSSR count). The molecule has 8 heteroatoms. The van der Waals surface area contributed by atoms with Gasteiger partial charge >= 0.3 is 12.1 Å². The van der Waals surface area contributed by atoms with Crippen LogP contribution in [0.5, 0.6) is 11.5 Å². The van der Waals surface area contributed by atoms with E-state index in [-0.39, 0.29) is 12.1 Å². The molecule has 0 saturated carbocycles. The van der Waals surface area contributed by atoms with Crippen molar-refractivity contribution in [3.8, 4) is 22.6 Å². The summed E-state index contributed by atoms with van der Waals surface area (Å²) in [4.78, 5) is 26.7. The van der Waals surface area contributed by atoms with Gasteiger partial charge in [-0.25, -0.2) is 9.59 Å². The zero-order chi connectivity index (χ0) is 20.8. The van der Waals surface area contributed by atoms with Crippen LogP contribution in [-0.2, 0) is 0 Å². The van der Waals surface area contributed by atoms with E-state index < -0.39 is 0 Å². The number of hydrogen-bond acceptors (Lipinski definition) is 4. The number of nitrogens with zero attached hydrogens (tertiary/aromatic N) is 2. The predicted molar refractivity (Wildman–Crippen MR) is 110 cm³/mol. The fourth-order valence-electron chi connectivity index (χ4n) is 2.40. The van der Waals surface area contributed by atoms with Crippen molar-refractivity contribution < 1.29 is 19.1 Å². The summed E-state index contributed by atoms with van der Waals surface area (Å²) in [5.41, 5.74) is 2.91. The number of hydrogen-bond donors (Lipinski definition) is 2. The molecular formula is C20H26N4O4. The van der Waals surface area contributed by atoms with Gasteiger partial charge in [0.2, 0.25) is 0 Å². The van der Waals surface area contributed by atoms with Crippen LogP contribution in [0.4, 0.5) is 21.0 Å². The van der Waals surface area contributed by atoms with E-state index in [2.05, 4.69) is 10.6 Å². The Kier molecular flexibility index (Phi) is 6.70. The smallest absolute Gasteiger partial charge is 0.321 e. The summed E-state index contributed by atoms with van der Waals surface area (Å²) in [5, 5.41) is 5.58. The molecule has 0 radical (unpaired) electrons. The summed E-state index contributed by atoms with van der Waals surface area (Å²) >= 11 is 0. The quantitative estimate of drug-likeness (QED) is 0.823. The minimum absolute atomic E-state index is 0.242. The highest BCUT2D eigenvalue weighted by atomic mass is 16.5. The van der Waals surface area contributed by atoms with Crippen molar-refractivity contribution in [1.29, 1.82) is 0 Å². The highest BCUT2D eigenvalue weighted by Crippen LogP contribution is 2.35. The summed E-state index contributed by atoms with van der Waals surface area (Å²) in [6, 6.07) is 10.5. The molecule has 0 saturated heterocycles. The molecule has 0 fully saturated rings. The van der Waals surface area contributed by atoms with E-state index in [0.717, 1.165) is 11.1 Å². The molecular weight excluding hydrogens is 360 g/mol. The molecule has 0 heterocycles. The van der Waals surface area contributed by atoms with Gasteiger partial charge in [-0.2, -0.15) is 0 Å². The summed E-state index contributed by atoms with van der Waals surface area (Å²) in [5.74, 6) is 1.08. The van der Waals surface area contributed by atoms with Gasteiger partial charge < -0.3 is 29.9 Å².